The maximum absolute atomic E-state index is 12.7. The van der Waals surface area contributed by atoms with Crippen LogP contribution >= 0.6 is 0 Å². The molecule has 0 aromatic carbocycles. The van der Waals surface area contributed by atoms with E-state index in [2.05, 4.69) is 33.4 Å². The van der Waals surface area contributed by atoms with Gasteiger partial charge in [0.25, 0.3) is 5.91 Å². The number of carbonyl (C=O) groups excluding carboxylic acids is 1. The zero-order valence-corrected chi connectivity index (χ0v) is 15.9. The first-order valence-electron chi connectivity index (χ1n) is 8.63. The van der Waals surface area contributed by atoms with Gasteiger partial charge in [-0.2, -0.15) is 0 Å². The van der Waals surface area contributed by atoms with Crippen LogP contribution in [-0.4, -0.2) is 67.5 Å². The van der Waals surface area contributed by atoms with Crippen molar-refractivity contribution in [2.75, 3.05) is 27.2 Å². The predicted molar refractivity (Wildman–Crippen MR) is 98.9 cm³/mol. The van der Waals surface area contributed by atoms with Crippen molar-refractivity contribution in [2.24, 2.45) is 7.05 Å². The van der Waals surface area contributed by atoms with Crippen molar-refractivity contribution in [3.05, 3.63) is 47.5 Å². The van der Waals surface area contributed by atoms with Crippen molar-refractivity contribution in [3.8, 4) is 0 Å². The molecule has 0 radical (unpaired) electrons. The van der Waals surface area contributed by atoms with Crippen LogP contribution in [0.25, 0.3) is 5.52 Å². The van der Waals surface area contributed by atoms with Crippen LogP contribution in [0.3, 0.4) is 0 Å². The predicted octanol–water partition coefficient (Wildman–Crippen LogP) is 1.54. The lowest BCUT2D eigenvalue weighted by molar-refractivity contribution is 0.0774. The average Bonchev–Trinajstić information content (AvgIpc) is 3.21. The Kier molecular flexibility index (Phi) is 5.03. The summed E-state index contributed by atoms with van der Waals surface area (Å²) in [7, 11) is 5.66. The number of rotatable bonds is 6. The van der Waals surface area contributed by atoms with Crippen LogP contribution in [0.1, 0.15) is 34.7 Å². The molecule has 0 saturated heterocycles. The number of fused-ring (bicyclic) bond motifs is 1. The lowest BCUT2D eigenvalue weighted by Gasteiger charge is -2.26. The largest absolute Gasteiger partial charge is 0.340 e. The van der Waals surface area contributed by atoms with Gasteiger partial charge in [0.2, 0.25) is 0 Å². The fraction of sp³-hybridized carbons (Fsp3) is 0.444. The molecule has 1 amide bonds. The van der Waals surface area contributed by atoms with Gasteiger partial charge in [-0.15, -0.1) is 5.10 Å². The lowest BCUT2D eigenvalue weighted by atomic mass is 10.2. The van der Waals surface area contributed by atoms with Gasteiger partial charge in [-0.25, -0.2) is 4.68 Å². The lowest BCUT2D eigenvalue weighted by Crippen LogP contribution is -2.36. The minimum atomic E-state index is 0.0135. The van der Waals surface area contributed by atoms with Gasteiger partial charge in [0, 0.05) is 45.1 Å². The molecule has 0 saturated carbocycles. The van der Waals surface area contributed by atoms with Crippen LogP contribution < -0.4 is 0 Å². The van der Waals surface area contributed by atoms with Crippen molar-refractivity contribution in [2.45, 2.75) is 19.9 Å². The number of hydrogen-bond acceptors (Lipinski definition) is 5. The van der Waals surface area contributed by atoms with Crippen molar-refractivity contribution >= 4 is 11.4 Å². The molecule has 138 valence electrons. The highest BCUT2D eigenvalue weighted by molar-refractivity contribution is 5.94. The number of amides is 1. The number of aromatic nitrogens is 5. The number of hydrogen-bond donors (Lipinski definition) is 0. The molecule has 1 unspecified atom stereocenters. The van der Waals surface area contributed by atoms with Gasteiger partial charge in [0.1, 0.15) is 0 Å². The average molecular weight is 355 g/mol. The number of likely N-dealkylation sites (N-methyl/N-ethyl adjacent to an activating group) is 2. The van der Waals surface area contributed by atoms with Gasteiger partial charge in [0.05, 0.1) is 11.6 Å². The molecule has 3 rings (SSSR count). The van der Waals surface area contributed by atoms with E-state index in [4.69, 9.17) is 0 Å². The monoisotopic (exact) mass is 355 g/mol. The first kappa shape index (κ1) is 18.1. The Balaban J connectivity index is 1.62. The number of tetrazole rings is 1. The third kappa shape index (κ3) is 3.60. The first-order valence-corrected chi connectivity index (χ1v) is 8.63. The van der Waals surface area contributed by atoms with Crippen LogP contribution in [0.4, 0.5) is 0 Å². The zero-order valence-electron chi connectivity index (χ0n) is 15.9. The van der Waals surface area contributed by atoms with Crippen LogP contribution in [0.15, 0.2) is 30.6 Å². The van der Waals surface area contributed by atoms with Gasteiger partial charge in [-0.05, 0) is 55.1 Å². The summed E-state index contributed by atoms with van der Waals surface area (Å²) in [6, 6.07) is 6.02. The second-order valence-corrected chi connectivity index (χ2v) is 6.81. The molecular formula is C18H25N7O. The first-order chi connectivity index (χ1) is 12.4. The van der Waals surface area contributed by atoms with E-state index < -0.39 is 0 Å². The Labute approximate surface area is 153 Å². The Morgan fingerprint density at radius 2 is 2.00 bits per heavy atom. The van der Waals surface area contributed by atoms with Gasteiger partial charge in [0.15, 0.2) is 5.82 Å². The third-order valence-electron chi connectivity index (χ3n) is 4.80. The van der Waals surface area contributed by atoms with E-state index in [0.717, 1.165) is 17.9 Å². The van der Waals surface area contributed by atoms with Crippen molar-refractivity contribution in [3.63, 3.8) is 0 Å². The third-order valence-corrected chi connectivity index (χ3v) is 4.80. The summed E-state index contributed by atoms with van der Waals surface area (Å²) in [5, 5.41) is 11.6. The van der Waals surface area contributed by atoms with E-state index in [9.17, 15) is 4.79 Å². The van der Waals surface area contributed by atoms with Crippen LogP contribution in [0.5, 0.6) is 0 Å². The quantitative estimate of drug-likeness (QED) is 0.671. The van der Waals surface area contributed by atoms with Crippen LogP contribution in [-0.2, 0) is 7.05 Å². The molecule has 0 bridgehead atoms. The van der Waals surface area contributed by atoms with E-state index in [1.807, 2.05) is 57.0 Å². The number of nitrogens with zero attached hydrogens (tertiary/aromatic N) is 7. The fourth-order valence-electron chi connectivity index (χ4n) is 2.99. The molecule has 3 aromatic rings. The van der Waals surface area contributed by atoms with Crippen LogP contribution in [0.2, 0.25) is 0 Å². The molecule has 0 aliphatic heterocycles. The van der Waals surface area contributed by atoms with Crippen LogP contribution in [0, 0.1) is 6.92 Å². The molecule has 26 heavy (non-hydrogen) atoms. The molecule has 0 aliphatic rings. The summed E-state index contributed by atoms with van der Waals surface area (Å²) in [6.45, 7) is 5.44. The van der Waals surface area contributed by atoms with Crippen molar-refractivity contribution in [1.82, 2.24) is 34.4 Å². The molecule has 8 nitrogen and oxygen atoms in total. The molecule has 1 atom stereocenters. The Bertz CT molecular complexity index is 913. The standard InChI is InChI=1S/C18H25N7O/c1-13-10-16-7-6-15(12-25(16)11-13)18(26)23(4)9-8-22(3)14(2)17-19-20-21-24(17)5/h6-7,10-12,14H,8-9H2,1-5H3. The fourth-order valence-corrected chi connectivity index (χ4v) is 2.99. The second kappa shape index (κ2) is 7.25. The molecule has 0 aliphatic carbocycles. The highest BCUT2D eigenvalue weighted by atomic mass is 16.2. The minimum absolute atomic E-state index is 0.0135. The van der Waals surface area contributed by atoms with E-state index >= 15 is 0 Å². The normalized spacial score (nSPS) is 12.7. The van der Waals surface area contributed by atoms with E-state index in [1.54, 1.807) is 9.58 Å². The molecule has 3 aromatic heterocycles. The van der Waals surface area contributed by atoms with E-state index in [1.165, 1.54) is 5.56 Å². The topological polar surface area (TPSA) is 71.6 Å². The maximum Gasteiger partial charge on any atom is 0.255 e. The van der Waals surface area contributed by atoms with Gasteiger partial charge in [-0.3, -0.25) is 9.69 Å². The Hall–Kier alpha value is -2.74. The van der Waals surface area contributed by atoms with Gasteiger partial charge >= 0.3 is 0 Å². The maximum atomic E-state index is 12.7. The molecular weight excluding hydrogens is 330 g/mol. The molecule has 0 N–H and O–H groups in total. The summed E-state index contributed by atoms with van der Waals surface area (Å²) in [5.74, 6) is 0.814. The molecule has 3 heterocycles. The summed E-state index contributed by atoms with van der Waals surface area (Å²) in [6.07, 6.45) is 3.91. The van der Waals surface area contributed by atoms with Gasteiger partial charge < -0.3 is 9.30 Å². The Morgan fingerprint density at radius 3 is 2.69 bits per heavy atom. The zero-order chi connectivity index (χ0) is 18.8. The molecule has 0 spiro atoms. The van der Waals surface area contributed by atoms with E-state index in [-0.39, 0.29) is 11.9 Å². The summed E-state index contributed by atoms with van der Waals surface area (Å²) >= 11 is 0. The summed E-state index contributed by atoms with van der Waals surface area (Å²) < 4.78 is 3.66. The summed E-state index contributed by atoms with van der Waals surface area (Å²) in [5.41, 5.74) is 2.95. The van der Waals surface area contributed by atoms with Crippen molar-refractivity contribution < 1.29 is 4.79 Å². The number of carbonyl (C=O) groups is 1. The highest BCUT2D eigenvalue weighted by Crippen LogP contribution is 2.15. The SMILES string of the molecule is Cc1cc2ccc(C(=O)N(C)CCN(C)C(C)c3nnnn3C)cn2c1. The smallest absolute Gasteiger partial charge is 0.255 e. The molecule has 8 heteroatoms. The number of aryl methyl sites for hydroxylation is 2. The van der Waals surface area contributed by atoms with Gasteiger partial charge in [-0.1, -0.05) is 0 Å². The number of pyridine rings is 1. The van der Waals surface area contributed by atoms with E-state index in [0.29, 0.717) is 12.1 Å². The van der Waals surface area contributed by atoms with Crippen molar-refractivity contribution in [1.29, 1.82) is 0 Å². The summed E-state index contributed by atoms with van der Waals surface area (Å²) in [4.78, 5) is 16.6. The highest BCUT2D eigenvalue weighted by Gasteiger charge is 2.19. The minimum Gasteiger partial charge on any atom is -0.340 e. The molecule has 0 fully saturated rings. The Morgan fingerprint density at radius 1 is 1.23 bits per heavy atom. The second-order valence-electron chi connectivity index (χ2n) is 6.81.